The molecule has 0 aliphatic heterocycles. The van der Waals surface area contributed by atoms with Crippen LogP contribution in [0.3, 0.4) is 0 Å². The van der Waals surface area contributed by atoms with Crippen molar-refractivity contribution in [1.29, 1.82) is 0 Å². The van der Waals surface area contributed by atoms with E-state index in [4.69, 9.17) is 0 Å². The van der Waals surface area contributed by atoms with Gasteiger partial charge < -0.3 is 4.90 Å². The van der Waals surface area contributed by atoms with Crippen LogP contribution in [0.4, 0.5) is 5.69 Å². The Morgan fingerprint density at radius 1 is 1.04 bits per heavy atom. The average Bonchev–Trinajstić information content (AvgIpc) is 2.52. The van der Waals surface area contributed by atoms with Gasteiger partial charge in [0, 0.05) is 30.9 Å². The number of anilines is 1. The van der Waals surface area contributed by atoms with Crippen molar-refractivity contribution in [3.63, 3.8) is 0 Å². The van der Waals surface area contributed by atoms with Crippen LogP contribution >= 0.6 is 0 Å². The minimum absolute atomic E-state index is 0.209. The normalized spacial score (nSPS) is 11.3. The van der Waals surface area contributed by atoms with E-state index in [-0.39, 0.29) is 5.91 Å². The number of carbonyl (C=O) groups is 1. The van der Waals surface area contributed by atoms with E-state index in [9.17, 15) is 4.79 Å². The largest absolute Gasteiger partial charge is 0.378 e. The molecule has 0 atom stereocenters. The number of hydrogen-bond acceptors (Lipinski definition) is 3. The average molecular weight is 309 g/mol. The molecule has 4 heteroatoms. The van der Waals surface area contributed by atoms with Crippen LogP contribution in [0.2, 0.25) is 0 Å². The Morgan fingerprint density at radius 3 is 2.26 bits per heavy atom. The van der Waals surface area contributed by atoms with Gasteiger partial charge in [-0.2, -0.15) is 5.10 Å². The van der Waals surface area contributed by atoms with Crippen LogP contribution in [0, 0.1) is 13.8 Å². The van der Waals surface area contributed by atoms with Crippen molar-refractivity contribution in [2.45, 2.75) is 20.8 Å². The Hall–Kier alpha value is -2.62. The highest BCUT2D eigenvalue weighted by Crippen LogP contribution is 2.13. The fourth-order valence-electron chi connectivity index (χ4n) is 2.39. The standard InChI is InChI=1S/C19H23N3O/c1-13-6-11-18(14(2)12-13)15(3)20-21-19(23)16-7-9-17(10-8-16)22(4)5/h6-12H,1-5H3,(H,21,23)/b20-15-. The highest BCUT2D eigenvalue weighted by Gasteiger charge is 2.07. The summed E-state index contributed by atoms with van der Waals surface area (Å²) < 4.78 is 0. The van der Waals surface area contributed by atoms with Crippen LogP contribution in [0.5, 0.6) is 0 Å². The molecule has 120 valence electrons. The molecule has 2 rings (SSSR count). The predicted octanol–water partition coefficient (Wildman–Crippen LogP) is 3.52. The summed E-state index contributed by atoms with van der Waals surface area (Å²) in [5.41, 5.74) is 8.46. The lowest BCUT2D eigenvalue weighted by Gasteiger charge is -2.12. The van der Waals surface area contributed by atoms with Gasteiger partial charge in [-0.1, -0.05) is 23.8 Å². The van der Waals surface area contributed by atoms with E-state index in [1.165, 1.54) is 5.56 Å². The molecule has 1 N–H and O–H groups in total. The van der Waals surface area contributed by atoms with Gasteiger partial charge >= 0.3 is 0 Å². The number of carbonyl (C=O) groups excluding carboxylic acids is 1. The first-order chi connectivity index (χ1) is 10.9. The first-order valence-corrected chi connectivity index (χ1v) is 7.58. The van der Waals surface area contributed by atoms with Crippen molar-refractivity contribution < 1.29 is 4.79 Å². The van der Waals surface area contributed by atoms with E-state index in [0.717, 1.165) is 22.5 Å². The molecule has 0 spiro atoms. The summed E-state index contributed by atoms with van der Waals surface area (Å²) in [6.07, 6.45) is 0. The molecule has 23 heavy (non-hydrogen) atoms. The number of amides is 1. The zero-order chi connectivity index (χ0) is 17.0. The Kier molecular flexibility index (Phi) is 5.16. The highest BCUT2D eigenvalue weighted by molar-refractivity contribution is 6.01. The Balaban J connectivity index is 2.10. The smallest absolute Gasteiger partial charge is 0.271 e. The maximum atomic E-state index is 12.2. The van der Waals surface area contributed by atoms with Crippen LogP contribution in [0.1, 0.15) is 34.0 Å². The summed E-state index contributed by atoms with van der Waals surface area (Å²) in [6, 6.07) is 13.6. The van der Waals surface area contributed by atoms with Crippen LogP contribution in [-0.2, 0) is 0 Å². The van der Waals surface area contributed by atoms with Crippen molar-refractivity contribution in [3.05, 3.63) is 64.7 Å². The fourth-order valence-corrected chi connectivity index (χ4v) is 2.39. The van der Waals surface area contributed by atoms with Gasteiger partial charge in [0.25, 0.3) is 5.91 Å². The zero-order valence-electron chi connectivity index (χ0n) is 14.3. The third-order valence-electron chi connectivity index (χ3n) is 3.74. The molecule has 0 radical (unpaired) electrons. The van der Waals surface area contributed by atoms with E-state index >= 15 is 0 Å². The van der Waals surface area contributed by atoms with E-state index < -0.39 is 0 Å². The summed E-state index contributed by atoms with van der Waals surface area (Å²) in [6.45, 7) is 6.00. The topological polar surface area (TPSA) is 44.7 Å². The van der Waals surface area contributed by atoms with Crippen LogP contribution < -0.4 is 10.3 Å². The molecular formula is C19H23N3O. The molecular weight excluding hydrogens is 286 g/mol. The van der Waals surface area contributed by atoms with Gasteiger partial charge in [-0.3, -0.25) is 4.79 Å². The van der Waals surface area contributed by atoms with Gasteiger partial charge in [-0.15, -0.1) is 0 Å². The lowest BCUT2D eigenvalue weighted by atomic mass is 10.0. The summed E-state index contributed by atoms with van der Waals surface area (Å²) in [5.74, 6) is -0.209. The molecule has 0 heterocycles. The van der Waals surface area contributed by atoms with Crippen molar-refractivity contribution in [1.82, 2.24) is 5.43 Å². The van der Waals surface area contributed by atoms with Gasteiger partial charge in [0.05, 0.1) is 5.71 Å². The minimum Gasteiger partial charge on any atom is -0.378 e. The summed E-state index contributed by atoms with van der Waals surface area (Å²) in [4.78, 5) is 14.2. The third-order valence-corrected chi connectivity index (χ3v) is 3.74. The molecule has 0 saturated heterocycles. The number of rotatable bonds is 4. The van der Waals surface area contributed by atoms with Crippen molar-refractivity contribution in [2.24, 2.45) is 5.10 Å². The maximum absolute atomic E-state index is 12.2. The SMILES string of the molecule is C/C(=N/NC(=O)c1ccc(N(C)C)cc1)c1ccc(C)cc1C. The summed E-state index contributed by atoms with van der Waals surface area (Å²) in [5, 5.41) is 4.23. The lowest BCUT2D eigenvalue weighted by molar-refractivity contribution is 0.0955. The van der Waals surface area contributed by atoms with Crippen LogP contribution in [-0.4, -0.2) is 25.7 Å². The molecule has 0 saturated carbocycles. The van der Waals surface area contributed by atoms with Crippen LogP contribution in [0.15, 0.2) is 47.6 Å². The van der Waals surface area contributed by atoms with Gasteiger partial charge in [0.2, 0.25) is 0 Å². The molecule has 0 bridgehead atoms. The number of benzene rings is 2. The van der Waals surface area contributed by atoms with E-state index in [2.05, 4.69) is 23.5 Å². The zero-order valence-corrected chi connectivity index (χ0v) is 14.3. The Labute approximate surface area is 137 Å². The molecule has 0 aliphatic rings. The van der Waals surface area contributed by atoms with Crippen molar-refractivity contribution in [2.75, 3.05) is 19.0 Å². The third kappa shape index (κ3) is 4.19. The molecule has 0 unspecified atom stereocenters. The van der Waals surface area contributed by atoms with Crippen LogP contribution in [0.25, 0.3) is 0 Å². The summed E-state index contributed by atoms with van der Waals surface area (Å²) >= 11 is 0. The molecule has 2 aromatic carbocycles. The molecule has 0 fully saturated rings. The van der Waals surface area contributed by atoms with E-state index in [1.54, 1.807) is 12.1 Å². The molecule has 4 nitrogen and oxygen atoms in total. The number of hydrogen-bond donors (Lipinski definition) is 1. The maximum Gasteiger partial charge on any atom is 0.271 e. The molecule has 1 amide bonds. The second-order valence-electron chi connectivity index (χ2n) is 5.90. The van der Waals surface area contributed by atoms with Gasteiger partial charge in [-0.05, 0) is 50.6 Å². The first kappa shape index (κ1) is 16.7. The number of nitrogens with zero attached hydrogens (tertiary/aromatic N) is 2. The number of nitrogens with one attached hydrogen (secondary N) is 1. The number of aryl methyl sites for hydroxylation is 2. The van der Waals surface area contributed by atoms with E-state index in [1.807, 2.05) is 57.1 Å². The van der Waals surface area contributed by atoms with Gasteiger partial charge in [0.15, 0.2) is 0 Å². The summed E-state index contributed by atoms with van der Waals surface area (Å²) in [7, 11) is 3.93. The fraction of sp³-hybridized carbons (Fsp3) is 0.263. The highest BCUT2D eigenvalue weighted by atomic mass is 16.2. The molecule has 2 aromatic rings. The predicted molar refractivity (Wildman–Crippen MR) is 96.4 cm³/mol. The van der Waals surface area contributed by atoms with E-state index in [0.29, 0.717) is 5.56 Å². The van der Waals surface area contributed by atoms with Gasteiger partial charge in [-0.25, -0.2) is 5.43 Å². The molecule has 0 aromatic heterocycles. The number of hydrazone groups is 1. The van der Waals surface area contributed by atoms with Crippen molar-refractivity contribution in [3.8, 4) is 0 Å². The second kappa shape index (κ2) is 7.09. The lowest BCUT2D eigenvalue weighted by Crippen LogP contribution is -2.19. The Morgan fingerprint density at radius 2 is 1.70 bits per heavy atom. The molecule has 0 aliphatic carbocycles. The first-order valence-electron chi connectivity index (χ1n) is 7.58. The van der Waals surface area contributed by atoms with Crippen molar-refractivity contribution >= 4 is 17.3 Å². The second-order valence-corrected chi connectivity index (χ2v) is 5.90. The quantitative estimate of drug-likeness (QED) is 0.694. The van der Waals surface area contributed by atoms with Gasteiger partial charge in [0.1, 0.15) is 0 Å². The Bertz CT molecular complexity index is 731. The monoisotopic (exact) mass is 309 g/mol. The minimum atomic E-state index is -0.209.